The fraction of sp³-hybridized carbons (Fsp3) is 0.500. The number of aryl methyl sites for hydroxylation is 1. The van der Waals surface area contributed by atoms with Crippen LogP contribution < -0.4 is 10.6 Å². The molecule has 5 nitrogen and oxygen atoms in total. The van der Waals surface area contributed by atoms with E-state index in [1.165, 1.54) is 0 Å². The number of benzene rings is 1. The third-order valence-electron chi connectivity index (χ3n) is 2.83. The third kappa shape index (κ3) is 6.10. The summed E-state index contributed by atoms with van der Waals surface area (Å²) in [7, 11) is 0. The lowest BCUT2D eigenvalue weighted by molar-refractivity contribution is 0.217. The molecule has 1 aromatic carbocycles. The van der Waals surface area contributed by atoms with E-state index in [9.17, 15) is 9.90 Å². The van der Waals surface area contributed by atoms with Crippen LogP contribution in [0.15, 0.2) is 24.3 Å². The van der Waals surface area contributed by atoms with Crippen molar-refractivity contribution in [2.24, 2.45) is 0 Å². The van der Waals surface area contributed by atoms with Gasteiger partial charge in [-0.05, 0) is 44.4 Å². The molecule has 2 amide bonds. The van der Waals surface area contributed by atoms with E-state index in [0.717, 1.165) is 18.4 Å². The summed E-state index contributed by atoms with van der Waals surface area (Å²) in [6.07, 6.45) is 1.64. The number of aromatic hydroxyl groups is 1. The van der Waals surface area contributed by atoms with Crippen molar-refractivity contribution in [2.75, 3.05) is 6.61 Å². The van der Waals surface area contributed by atoms with Gasteiger partial charge in [0.2, 0.25) is 0 Å². The number of rotatable bonds is 6. The van der Waals surface area contributed by atoms with Crippen molar-refractivity contribution in [3.05, 3.63) is 29.8 Å². The van der Waals surface area contributed by atoms with Crippen LogP contribution in [-0.2, 0) is 6.42 Å². The van der Waals surface area contributed by atoms with Gasteiger partial charge in [-0.25, -0.2) is 4.79 Å². The molecule has 4 N–H and O–H groups in total. The number of aliphatic hydroxyl groups excluding tert-OH is 1. The Morgan fingerprint density at radius 2 is 1.74 bits per heavy atom. The minimum atomic E-state index is -0.264. The van der Waals surface area contributed by atoms with Crippen LogP contribution in [0.4, 0.5) is 4.79 Å². The van der Waals surface area contributed by atoms with Crippen LogP contribution in [-0.4, -0.2) is 34.9 Å². The second-order valence-corrected chi connectivity index (χ2v) is 4.81. The predicted octanol–water partition coefficient (Wildman–Crippen LogP) is 1.39. The molecule has 0 spiro atoms. The van der Waals surface area contributed by atoms with Crippen molar-refractivity contribution >= 4 is 6.03 Å². The summed E-state index contributed by atoms with van der Waals surface area (Å²) in [4.78, 5) is 11.5. The van der Waals surface area contributed by atoms with Gasteiger partial charge in [-0.2, -0.15) is 0 Å². The lowest BCUT2D eigenvalue weighted by atomic mass is 10.1. The Morgan fingerprint density at radius 3 is 2.32 bits per heavy atom. The summed E-state index contributed by atoms with van der Waals surface area (Å²) >= 11 is 0. The first-order valence-corrected chi connectivity index (χ1v) is 6.47. The maximum atomic E-state index is 11.5. The zero-order valence-electron chi connectivity index (χ0n) is 11.4. The molecule has 5 heteroatoms. The number of aliphatic hydroxyl groups is 1. The molecule has 0 saturated carbocycles. The van der Waals surface area contributed by atoms with Gasteiger partial charge in [0.15, 0.2) is 0 Å². The van der Waals surface area contributed by atoms with Gasteiger partial charge < -0.3 is 20.8 Å². The van der Waals surface area contributed by atoms with E-state index in [2.05, 4.69) is 10.6 Å². The monoisotopic (exact) mass is 266 g/mol. The summed E-state index contributed by atoms with van der Waals surface area (Å²) < 4.78 is 0. The van der Waals surface area contributed by atoms with Crippen LogP contribution in [0.25, 0.3) is 0 Å². The molecule has 19 heavy (non-hydrogen) atoms. The highest BCUT2D eigenvalue weighted by Crippen LogP contribution is 2.11. The van der Waals surface area contributed by atoms with E-state index in [0.29, 0.717) is 0 Å². The van der Waals surface area contributed by atoms with E-state index in [-0.39, 0.29) is 30.5 Å². The molecule has 0 fully saturated rings. The lowest BCUT2D eigenvalue weighted by Crippen LogP contribution is -2.45. The Bertz CT molecular complexity index is 392. The second-order valence-electron chi connectivity index (χ2n) is 4.81. The Hall–Kier alpha value is -1.75. The molecule has 0 bridgehead atoms. The topological polar surface area (TPSA) is 81.6 Å². The van der Waals surface area contributed by atoms with E-state index < -0.39 is 0 Å². The van der Waals surface area contributed by atoms with Crippen molar-refractivity contribution < 1.29 is 15.0 Å². The molecule has 2 atom stereocenters. The average molecular weight is 266 g/mol. The van der Waals surface area contributed by atoms with Crippen LogP contribution in [0.1, 0.15) is 25.8 Å². The Kier molecular flexibility index (Phi) is 6.15. The van der Waals surface area contributed by atoms with E-state index in [4.69, 9.17) is 5.11 Å². The second kappa shape index (κ2) is 7.63. The van der Waals surface area contributed by atoms with Crippen LogP contribution in [0.5, 0.6) is 5.75 Å². The number of phenolic OH excluding ortho intramolecular Hbond substituents is 1. The van der Waals surface area contributed by atoms with Gasteiger partial charge in [-0.3, -0.25) is 0 Å². The average Bonchev–Trinajstić information content (AvgIpc) is 2.37. The summed E-state index contributed by atoms with van der Waals surface area (Å²) in [5, 5.41) is 23.5. The minimum absolute atomic E-state index is 0.0414. The molecule has 1 aromatic rings. The smallest absolute Gasteiger partial charge is 0.315 e. The third-order valence-corrected chi connectivity index (χ3v) is 2.83. The number of hydrogen-bond acceptors (Lipinski definition) is 3. The number of nitrogens with one attached hydrogen (secondary N) is 2. The Labute approximate surface area is 113 Å². The number of carbonyl (C=O) groups is 1. The minimum Gasteiger partial charge on any atom is -0.508 e. The molecule has 0 heterocycles. The van der Waals surface area contributed by atoms with Gasteiger partial charge in [0.05, 0.1) is 12.6 Å². The number of hydrogen-bond donors (Lipinski definition) is 4. The zero-order valence-corrected chi connectivity index (χ0v) is 11.4. The van der Waals surface area contributed by atoms with Gasteiger partial charge in [0.1, 0.15) is 5.75 Å². The summed E-state index contributed by atoms with van der Waals surface area (Å²) in [6.45, 7) is 3.60. The molecule has 0 aromatic heterocycles. The molecule has 0 radical (unpaired) electrons. The van der Waals surface area contributed by atoms with Crippen molar-refractivity contribution in [1.82, 2.24) is 10.6 Å². The molecular weight excluding hydrogens is 244 g/mol. The molecule has 1 unspecified atom stereocenters. The van der Waals surface area contributed by atoms with E-state index >= 15 is 0 Å². The lowest BCUT2D eigenvalue weighted by Gasteiger charge is -2.17. The van der Waals surface area contributed by atoms with Crippen LogP contribution in [0, 0.1) is 0 Å². The highest BCUT2D eigenvalue weighted by Gasteiger charge is 2.09. The molecule has 0 aliphatic carbocycles. The number of phenols is 1. The molecule has 0 saturated heterocycles. The highest BCUT2D eigenvalue weighted by molar-refractivity contribution is 5.74. The number of amides is 2. The molecule has 0 aliphatic rings. The maximum absolute atomic E-state index is 11.5. The molecule has 0 aliphatic heterocycles. The van der Waals surface area contributed by atoms with Crippen molar-refractivity contribution in [2.45, 2.75) is 38.8 Å². The fourth-order valence-corrected chi connectivity index (χ4v) is 1.65. The van der Waals surface area contributed by atoms with Crippen LogP contribution in [0.2, 0.25) is 0 Å². The van der Waals surface area contributed by atoms with Gasteiger partial charge in [-0.15, -0.1) is 0 Å². The SMILES string of the molecule is CC(CCc1ccc(O)cc1)NC(=O)N[C@@H](C)CO. The first-order valence-electron chi connectivity index (χ1n) is 6.47. The van der Waals surface area contributed by atoms with Gasteiger partial charge >= 0.3 is 6.03 Å². The first kappa shape index (κ1) is 15.3. The molecule has 1 rings (SSSR count). The van der Waals surface area contributed by atoms with Gasteiger partial charge in [-0.1, -0.05) is 12.1 Å². The Morgan fingerprint density at radius 1 is 1.16 bits per heavy atom. The highest BCUT2D eigenvalue weighted by atomic mass is 16.3. The van der Waals surface area contributed by atoms with Crippen molar-refractivity contribution in [3.63, 3.8) is 0 Å². The summed E-state index contributed by atoms with van der Waals surface area (Å²) in [5.41, 5.74) is 1.12. The largest absolute Gasteiger partial charge is 0.508 e. The maximum Gasteiger partial charge on any atom is 0.315 e. The summed E-state index contributed by atoms with van der Waals surface area (Å²) in [6, 6.07) is 6.58. The zero-order chi connectivity index (χ0) is 14.3. The first-order chi connectivity index (χ1) is 9.01. The van der Waals surface area contributed by atoms with Crippen LogP contribution >= 0.6 is 0 Å². The predicted molar refractivity (Wildman–Crippen MR) is 74.1 cm³/mol. The summed E-state index contributed by atoms with van der Waals surface area (Å²) in [5.74, 6) is 0.257. The van der Waals surface area contributed by atoms with E-state index in [1.54, 1.807) is 19.1 Å². The van der Waals surface area contributed by atoms with E-state index in [1.807, 2.05) is 19.1 Å². The fourth-order valence-electron chi connectivity index (χ4n) is 1.65. The molecular formula is C14H22N2O3. The number of urea groups is 1. The van der Waals surface area contributed by atoms with Gasteiger partial charge in [0.25, 0.3) is 0 Å². The van der Waals surface area contributed by atoms with Crippen molar-refractivity contribution in [3.8, 4) is 5.75 Å². The number of carbonyl (C=O) groups excluding carboxylic acids is 1. The van der Waals surface area contributed by atoms with Crippen LogP contribution in [0.3, 0.4) is 0 Å². The van der Waals surface area contributed by atoms with Gasteiger partial charge in [0, 0.05) is 6.04 Å². The van der Waals surface area contributed by atoms with Crippen molar-refractivity contribution in [1.29, 1.82) is 0 Å². The quantitative estimate of drug-likeness (QED) is 0.628. The standard InChI is InChI=1S/C14H22N2O3/c1-10(15-14(19)16-11(2)9-17)3-4-12-5-7-13(18)8-6-12/h5-8,10-11,17-18H,3-4,9H2,1-2H3,(H2,15,16,19)/t10?,11-/m0/s1. The Balaban J connectivity index is 2.29. The normalized spacial score (nSPS) is 13.6. The molecule has 106 valence electrons.